The van der Waals surface area contributed by atoms with Gasteiger partial charge in [0.05, 0.1) is 11.5 Å². The lowest BCUT2D eigenvalue weighted by Crippen LogP contribution is -2.31. The number of nitrogens with zero attached hydrogens (tertiary/aromatic N) is 1. The molecule has 1 heterocycles. The van der Waals surface area contributed by atoms with Crippen LogP contribution in [0.15, 0.2) is 21.5 Å². The molecule has 0 saturated carbocycles. The largest absolute Gasteiger partial charge is 0.392 e. The van der Waals surface area contributed by atoms with Crippen LogP contribution in [0.4, 0.5) is 0 Å². The summed E-state index contributed by atoms with van der Waals surface area (Å²) in [5, 5.41) is 9.23. The molecule has 0 spiro atoms. The summed E-state index contributed by atoms with van der Waals surface area (Å²) in [6.07, 6.45) is 1.01. The van der Waals surface area contributed by atoms with Crippen LogP contribution in [-0.4, -0.2) is 45.1 Å². The van der Waals surface area contributed by atoms with E-state index in [1.54, 1.807) is 13.0 Å². The molecule has 2 rings (SSSR count). The van der Waals surface area contributed by atoms with Gasteiger partial charge in [-0.3, -0.25) is 0 Å². The molecule has 5 nitrogen and oxygen atoms in total. The molecule has 1 fully saturated rings. The van der Waals surface area contributed by atoms with Crippen molar-refractivity contribution in [2.75, 3.05) is 26.7 Å². The van der Waals surface area contributed by atoms with Crippen molar-refractivity contribution < 1.29 is 13.5 Å². The summed E-state index contributed by atoms with van der Waals surface area (Å²) in [4.78, 5) is 2.43. The van der Waals surface area contributed by atoms with Gasteiger partial charge in [0.2, 0.25) is 10.0 Å². The highest BCUT2D eigenvalue weighted by molar-refractivity contribution is 9.10. The highest BCUT2D eigenvalue weighted by atomic mass is 79.9. The van der Waals surface area contributed by atoms with Gasteiger partial charge in [0.1, 0.15) is 0 Å². The monoisotopic (exact) mass is 376 g/mol. The molecule has 1 unspecified atom stereocenters. The molecule has 118 valence electrons. The van der Waals surface area contributed by atoms with Gasteiger partial charge >= 0.3 is 0 Å². The Labute approximate surface area is 134 Å². The minimum atomic E-state index is -3.56. The van der Waals surface area contributed by atoms with Crippen LogP contribution in [-0.2, 0) is 16.6 Å². The third kappa shape index (κ3) is 4.04. The van der Waals surface area contributed by atoms with Crippen LogP contribution in [0.2, 0.25) is 0 Å². The minimum Gasteiger partial charge on any atom is -0.392 e. The first kappa shape index (κ1) is 16.9. The van der Waals surface area contributed by atoms with Gasteiger partial charge in [0.15, 0.2) is 0 Å². The van der Waals surface area contributed by atoms with Crippen LogP contribution in [0.5, 0.6) is 0 Å². The van der Waals surface area contributed by atoms with Crippen molar-refractivity contribution >= 4 is 26.0 Å². The molecule has 7 heteroatoms. The molecule has 0 bridgehead atoms. The Kier molecular flexibility index (Phi) is 5.43. The van der Waals surface area contributed by atoms with Crippen LogP contribution in [0.3, 0.4) is 0 Å². The zero-order chi connectivity index (χ0) is 15.6. The maximum atomic E-state index is 12.5. The Morgan fingerprint density at radius 1 is 1.48 bits per heavy atom. The van der Waals surface area contributed by atoms with Crippen molar-refractivity contribution in [1.29, 1.82) is 0 Å². The first-order chi connectivity index (χ1) is 9.83. The SMILES string of the molecule is Cc1c(Br)cc(CO)cc1S(=O)(=O)NCC1CCN(C)C1. The van der Waals surface area contributed by atoms with Crippen LogP contribution < -0.4 is 4.72 Å². The second kappa shape index (κ2) is 6.75. The van der Waals surface area contributed by atoms with Gasteiger partial charge in [0.25, 0.3) is 0 Å². The second-order valence-corrected chi connectivity index (χ2v) is 8.22. The zero-order valence-corrected chi connectivity index (χ0v) is 14.7. The van der Waals surface area contributed by atoms with E-state index in [2.05, 4.69) is 25.6 Å². The molecule has 1 saturated heterocycles. The van der Waals surface area contributed by atoms with E-state index in [1.165, 1.54) is 6.07 Å². The first-order valence-corrected chi connectivity index (χ1v) is 9.19. The molecule has 1 aliphatic heterocycles. The number of hydrogen-bond acceptors (Lipinski definition) is 4. The molecule has 0 aromatic heterocycles. The Balaban J connectivity index is 2.17. The summed E-state index contributed by atoms with van der Waals surface area (Å²) in [5.41, 5.74) is 1.23. The lowest BCUT2D eigenvalue weighted by molar-refractivity contribution is 0.281. The summed E-state index contributed by atoms with van der Waals surface area (Å²) in [6.45, 7) is 3.95. The van der Waals surface area contributed by atoms with Crippen molar-refractivity contribution in [3.63, 3.8) is 0 Å². The van der Waals surface area contributed by atoms with Crippen molar-refractivity contribution in [2.24, 2.45) is 5.92 Å². The lowest BCUT2D eigenvalue weighted by Gasteiger charge is -2.15. The topological polar surface area (TPSA) is 69.6 Å². The number of halogens is 1. The van der Waals surface area contributed by atoms with Crippen LogP contribution >= 0.6 is 15.9 Å². The average molecular weight is 377 g/mol. The van der Waals surface area contributed by atoms with Crippen LogP contribution in [0, 0.1) is 12.8 Å². The second-order valence-electron chi connectivity index (χ2n) is 5.63. The predicted molar refractivity (Wildman–Crippen MR) is 85.6 cm³/mol. The van der Waals surface area contributed by atoms with Gasteiger partial charge in [0, 0.05) is 17.6 Å². The standard InChI is InChI=1S/C14H21BrN2O3S/c1-10-13(15)5-12(9-18)6-14(10)21(19,20)16-7-11-3-4-17(2)8-11/h5-6,11,16,18H,3-4,7-9H2,1-2H3. The number of aliphatic hydroxyl groups is 1. The third-order valence-corrected chi connectivity index (χ3v) is 6.25. The highest BCUT2D eigenvalue weighted by Gasteiger charge is 2.24. The molecule has 1 aliphatic rings. The quantitative estimate of drug-likeness (QED) is 0.816. The maximum Gasteiger partial charge on any atom is 0.240 e. The average Bonchev–Trinajstić information content (AvgIpc) is 2.85. The van der Waals surface area contributed by atoms with E-state index in [0.717, 1.165) is 19.5 Å². The van der Waals surface area contributed by atoms with Gasteiger partial charge in [-0.1, -0.05) is 15.9 Å². The molecule has 1 aromatic rings. The molecule has 1 atom stereocenters. The fraction of sp³-hybridized carbons (Fsp3) is 0.571. The molecule has 2 N–H and O–H groups in total. The summed E-state index contributed by atoms with van der Waals surface area (Å²) >= 11 is 3.35. The van der Waals surface area contributed by atoms with E-state index >= 15 is 0 Å². The molecular formula is C14H21BrN2O3S. The smallest absolute Gasteiger partial charge is 0.240 e. The number of nitrogens with one attached hydrogen (secondary N) is 1. The van der Waals surface area contributed by atoms with Crippen molar-refractivity contribution in [1.82, 2.24) is 9.62 Å². The Hall–Kier alpha value is -0.470. The maximum absolute atomic E-state index is 12.5. The normalized spacial score (nSPS) is 20.1. The van der Waals surface area contributed by atoms with Gasteiger partial charge in [-0.05, 0) is 56.1 Å². The van der Waals surface area contributed by atoms with Gasteiger partial charge in [-0.25, -0.2) is 13.1 Å². The molecule has 0 amide bonds. The van der Waals surface area contributed by atoms with E-state index in [0.29, 0.717) is 28.1 Å². The van der Waals surface area contributed by atoms with Gasteiger partial charge < -0.3 is 10.0 Å². The predicted octanol–water partition coefficient (Wildman–Crippen LogP) is 1.48. The van der Waals surface area contributed by atoms with E-state index in [1.807, 2.05) is 7.05 Å². The Morgan fingerprint density at radius 2 is 2.19 bits per heavy atom. The van der Waals surface area contributed by atoms with E-state index < -0.39 is 10.0 Å². The highest BCUT2D eigenvalue weighted by Crippen LogP contribution is 2.26. The summed E-state index contributed by atoms with van der Waals surface area (Å²) in [6, 6.07) is 3.27. The number of likely N-dealkylation sites (tertiary alicyclic amines) is 1. The zero-order valence-electron chi connectivity index (χ0n) is 12.3. The van der Waals surface area contributed by atoms with E-state index in [4.69, 9.17) is 0 Å². The lowest BCUT2D eigenvalue weighted by atomic mass is 10.1. The first-order valence-electron chi connectivity index (χ1n) is 6.91. The number of aliphatic hydroxyl groups excluding tert-OH is 1. The summed E-state index contributed by atoms with van der Waals surface area (Å²) in [7, 11) is -1.52. The molecule has 21 heavy (non-hydrogen) atoms. The minimum absolute atomic E-state index is 0.186. The fourth-order valence-corrected chi connectivity index (χ4v) is 4.64. The number of rotatable bonds is 5. The Bertz CT molecular complexity index is 619. The van der Waals surface area contributed by atoms with Crippen molar-refractivity contribution in [2.45, 2.75) is 24.8 Å². The van der Waals surface area contributed by atoms with Crippen LogP contribution in [0.25, 0.3) is 0 Å². The van der Waals surface area contributed by atoms with E-state index in [9.17, 15) is 13.5 Å². The number of hydrogen-bond donors (Lipinski definition) is 2. The van der Waals surface area contributed by atoms with Crippen molar-refractivity contribution in [3.8, 4) is 0 Å². The third-order valence-electron chi connectivity index (χ3n) is 3.88. The van der Waals surface area contributed by atoms with Crippen LogP contribution in [0.1, 0.15) is 17.5 Å². The molecule has 1 aromatic carbocycles. The summed E-state index contributed by atoms with van der Waals surface area (Å²) in [5.74, 6) is 0.356. The molecule has 0 aliphatic carbocycles. The van der Waals surface area contributed by atoms with E-state index in [-0.39, 0.29) is 11.5 Å². The van der Waals surface area contributed by atoms with Crippen molar-refractivity contribution in [3.05, 3.63) is 27.7 Å². The van der Waals surface area contributed by atoms with Gasteiger partial charge in [-0.2, -0.15) is 0 Å². The Morgan fingerprint density at radius 3 is 2.76 bits per heavy atom. The molecule has 0 radical (unpaired) electrons. The number of sulfonamides is 1. The van der Waals surface area contributed by atoms with Gasteiger partial charge in [-0.15, -0.1) is 0 Å². The molecular weight excluding hydrogens is 356 g/mol. The summed E-state index contributed by atoms with van der Waals surface area (Å²) < 4.78 is 28.4. The fourth-order valence-electron chi connectivity index (χ4n) is 2.58. The number of benzene rings is 1.